The molecule has 18 aromatic carbocycles. The number of pyridine rings is 1. The summed E-state index contributed by atoms with van der Waals surface area (Å²) in [5.74, 6) is 2.28. The van der Waals surface area contributed by atoms with Gasteiger partial charge in [-0.3, -0.25) is 18.7 Å². The summed E-state index contributed by atoms with van der Waals surface area (Å²) in [7, 11) is 0. The molecule has 0 atom stereocenters. The number of para-hydroxylation sites is 3. The van der Waals surface area contributed by atoms with Crippen LogP contribution < -0.4 is 0 Å². The number of thiophene rings is 2. The predicted octanol–water partition coefficient (Wildman–Crippen LogP) is 32.3. The number of hydrogen-bond acceptors (Lipinski definition) is 12. The Morgan fingerprint density at radius 1 is 0.288 bits per heavy atom. The first-order chi connectivity index (χ1) is 68.5. The lowest BCUT2D eigenvalue weighted by Gasteiger charge is -2.22. The number of rotatable bonds is 9. The fraction of sp³-hybridized carbons (Fsp3) is 0.0242. The minimum atomic E-state index is -0.393. The zero-order valence-corrected chi connectivity index (χ0v) is 76.5. The lowest BCUT2D eigenvalue weighted by Crippen LogP contribution is -2.19. The summed E-state index contributed by atoms with van der Waals surface area (Å²) in [5, 5.41) is 38.4. The van der Waals surface area contributed by atoms with E-state index in [1.807, 2.05) is 84.3 Å². The zero-order chi connectivity index (χ0) is 92.2. The van der Waals surface area contributed by atoms with Gasteiger partial charge in [0.05, 0.1) is 67.8 Å². The number of nitrogens with zero attached hydrogens (tertiary/aromatic N) is 12. The SMILES string of the molecule is CC1(C)c2cc(-c3ccccc3)ccc2-c2nc(-c3ccccc3C#N)c(-n3c4ccccc4c4cc5ccccc5cc43)nc21.N#Cc1cccc(-c2ccc3c(c2)sc2nc(-n4c5ccccc5c5cc6ccccc6cc54)c(-c4ccccc4)nc23)c1.c1cncc(-c2ccc3c(c2)oc2nc(-n4c5ccccc5c5cc6ccccc6cc54)c(-c4ccc5c(c4)sc4ccccc45)nc23)c1. The highest BCUT2D eigenvalue weighted by molar-refractivity contribution is 7.26. The molecule has 0 unspecified atom stereocenters. The highest BCUT2D eigenvalue weighted by Crippen LogP contribution is 2.52. The normalized spacial score (nSPS) is 12.3. The van der Waals surface area contributed by atoms with Crippen LogP contribution in [0.4, 0.5) is 0 Å². The van der Waals surface area contributed by atoms with Crippen molar-refractivity contribution in [2.75, 3.05) is 0 Å². The Morgan fingerprint density at radius 3 is 1.39 bits per heavy atom. The third-order valence-corrected chi connectivity index (χ3v) is 29.8. The van der Waals surface area contributed by atoms with Crippen LogP contribution in [0.15, 0.2) is 417 Å². The number of furan rings is 1. The molecule has 0 saturated heterocycles. The van der Waals surface area contributed by atoms with E-state index in [-0.39, 0.29) is 0 Å². The molecule has 15 heteroatoms. The Morgan fingerprint density at radius 2 is 0.763 bits per heavy atom. The van der Waals surface area contributed by atoms with E-state index in [0.717, 1.165) is 171 Å². The minimum absolute atomic E-state index is 0.393. The van der Waals surface area contributed by atoms with Gasteiger partial charge in [-0.1, -0.05) is 299 Å². The average Bonchev–Trinajstić information content (AvgIpc) is 1.54. The van der Waals surface area contributed by atoms with Crippen molar-refractivity contribution in [2.24, 2.45) is 0 Å². The molecule has 13 nitrogen and oxygen atoms in total. The van der Waals surface area contributed by atoms with Crippen molar-refractivity contribution in [3.63, 3.8) is 0 Å². The summed E-state index contributed by atoms with van der Waals surface area (Å²) in [6, 6.07) is 144. The summed E-state index contributed by atoms with van der Waals surface area (Å²) >= 11 is 3.47. The van der Waals surface area contributed by atoms with Gasteiger partial charge in [-0.15, -0.1) is 22.7 Å². The molecule has 648 valence electrons. The molecule has 29 rings (SSSR count). The molecule has 10 aromatic heterocycles. The van der Waals surface area contributed by atoms with Gasteiger partial charge in [-0.2, -0.15) is 15.5 Å². The second-order valence-electron chi connectivity index (χ2n) is 36.0. The predicted molar refractivity (Wildman–Crippen MR) is 572 cm³/mol. The number of fused-ring (bicyclic) bond motifs is 24. The first-order valence-electron chi connectivity index (χ1n) is 46.3. The van der Waals surface area contributed by atoms with Crippen LogP contribution in [0.25, 0.3) is 256 Å². The van der Waals surface area contributed by atoms with Gasteiger partial charge in [0.2, 0.25) is 5.71 Å². The van der Waals surface area contributed by atoms with Crippen LogP contribution in [-0.4, -0.2) is 48.6 Å². The molecule has 28 aromatic rings. The Bertz CT molecular complexity index is 10100. The van der Waals surface area contributed by atoms with Crippen molar-refractivity contribution in [1.82, 2.24) is 48.6 Å². The molecule has 0 amide bonds. The van der Waals surface area contributed by atoms with E-state index in [4.69, 9.17) is 34.3 Å². The summed E-state index contributed by atoms with van der Waals surface area (Å²) in [5.41, 5.74) is 25.9. The van der Waals surface area contributed by atoms with Crippen LogP contribution in [0.1, 0.15) is 36.2 Å². The summed E-state index contributed by atoms with van der Waals surface area (Å²) in [6.45, 7) is 4.49. The minimum Gasteiger partial charge on any atom is -0.436 e. The highest BCUT2D eigenvalue weighted by atomic mass is 32.1. The quantitative estimate of drug-likeness (QED) is 0.136. The highest BCUT2D eigenvalue weighted by Gasteiger charge is 2.41. The summed E-state index contributed by atoms with van der Waals surface area (Å²) in [4.78, 5) is 37.9. The molecule has 0 spiro atoms. The molecule has 0 N–H and O–H groups in total. The largest absolute Gasteiger partial charge is 0.436 e. The molecular weight excluding hydrogens is 1740 g/mol. The number of hydrogen-bond donors (Lipinski definition) is 0. The first-order valence-corrected chi connectivity index (χ1v) is 47.9. The van der Waals surface area contributed by atoms with Crippen LogP contribution in [0.5, 0.6) is 0 Å². The van der Waals surface area contributed by atoms with Crippen LogP contribution in [0.3, 0.4) is 0 Å². The van der Waals surface area contributed by atoms with Crippen molar-refractivity contribution in [1.29, 1.82) is 10.5 Å². The molecule has 10 heterocycles. The van der Waals surface area contributed by atoms with Gasteiger partial charge in [0.25, 0.3) is 0 Å². The van der Waals surface area contributed by atoms with E-state index >= 15 is 0 Å². The smallest absolute Gasteiger partial charge is 0.248 e. The van der Waals surface area contributed by atoms with Gasteiger partial charge >= 0.3 is 0 Å². The Balaban J connectivity index is 0.000000105. The molecule has 0 bridgehead atoms. The van der Waals surface area contributed by atoms with Gasteiger partial charge in [0.15, 0.2) is 17.5 Å². The van der Waals surface area contributed by atoms with E-state index in [0.29, 0.717) is 22.5 Å². The standard InChI is InChI=1S/C43H24N4OS.C42H28N4.C39H22N4S/c1-2-9-26-21-36-34(20-25(26)8-1)30-11-3-5-13-35(30)47(36)42-40(28-16-17-32-31-12-4-6-14-38(31)49-39(32)23-28)45-41-33-18-15-27(29-10-7-19-44-24-29)22-37(33)48-43(41)46-42;1-42(2)35-23-29(26-12-4-3-5-13-26)20-21-33(35)38-40(42)45-41(39(44-38)31-17-9-8-16-30(31)25-43)46-36-19-11-10-18-32(36)34-22-27-14-6-7-15-28(27)24-37(34)46;40-23-24-9-8-14-26(19-24)29-17-18-31-35(22-29)44-39-37(31)41-36(25-10-2-1-3-11-25)38(42-39)43-33-16-7-6-15-30(33)32-20-27-12-4-5-13-28(27)21-34(32)43/h1-24H;3-24H,1-2H3;1-22H. The van der Waals surface area contributed by atoms with Crippen molar-refractivity contribution in [2.45, 2.75) is 19.3 Å². The Hall–Kier alpha value is -18.3. The molecule has 0 saturated carbocycles. The van der Waals surface area contributed by atoms with Crippen molar-refractivity contribution in [3.05, 3.63) is 435 Å². The first kappa shape index (κ1) is 80.4. The molecule has 0 fully saturated rings. The van der Waals surface area contributed by atoms with Crippen molar-refractivity contribution in [3.8, 4) is 108 Å². The van der Waals surface area contributed by atoms with E-state index in [9.17, 15) is 10.5 Å². The maximum atomic E-state index is 10.2. The van der Waals surface area contributed by atoms with E-state index in [1.165, 1.54) is 85.3 Å². The van der Waals surface area contributed by atoms with Crippen molar-refractivity contribution >= 4 is 183 Å². The molecule has 1 aliphatic rings. The third kappa shape index (κ3) is 13.1. The monoisotopic (exact) mass is 1810 g/mol. The van der Waals surface area contributed by atoms with E-state index in [1.54, 1.807) is 17.5 Å². The van der Waals surface area contributed by atoms with Crippen LogP contribution in [0.2, 0.25) is 0 Å². The number of aromatic nitrogens is 10. The Kier molecular flexibility index (Phi) is 18.5. The summed E-state index contributed by atoms with van der Waals surface area (Å²) < 4.78 is 17.0. The van der Waals surface area contributed by atoms with E-state index < -0.39 is 5.41 Å². The number of nitriles is 2. The molecule has 0 aliphatic heterocycles. The third-order valence-electron chi connectivity index (χ3n) is 27.7. The molecule has 0 radical (unpaired) electrons. The van der Waals surface area contributed by atoms with Gasteiger partial charge in [-0.25, -0.2) is 24.9 Å². The second-order valence-corrected chi connectivity index (χ2v) is 38.2. The van der Waals surface area contributed by atoms with Gasteiger partial charge in [-0.05, 0) is 181 Å². The van der Waals surface area contributed by atoms with Gasteiger partial charge in [0.1, 0.15) is 38.5 Å². The summed E-state index contributed by atoms with van der Waals surface area (Å²) in [6.07, 6.45) is 3.65. The topological polar surface area (TPSA) is 166 Å². The molecular formula is C124H74N12OS2. The maximum Gasteiger partial charge on any atom is 0.248 e. The van der Waals surface area contributed by atoms with Crippen LogP contribution in [-0.2, 0) is 5.41 Å². The van der Waals surface area contributed by atoms with Crippen LogP contribution in [0, 0.1) is 22.7 Å². The lowest BCUT2D eigenvalue weighted by molar-refractivity contribution is 0.633. The van der Waals surface area contributed by atoms with Gasteiger partial charge in [0, 0.05) is 114 Å². The second kappa shape index (κ2) is 32.0. The maximum absolute atomic E-state index is 10.2. The van der Waals surface area contributed by atoms with Gasteiger partial charge < -0.3 is 4.42 Å². The van der Waals surface area contributed by atoms with E-state index in [2.05, 4.69) is 378 Å². The number of benzene rings is 18. The lowest BCUT2D eigenvalue weighted by atomic mass is 9.84. The fourth-order valence-corrected chi connectivity index (χ4v) is 23.2. The fourth-order valence-electron chi connectivity index (χ4n) is 21.0. The van der Waals surface area contributed by atoms with Crippen LogP contribution >= 0.6 is 22.7 Å². The molecule has 1 aliphatic carbocycles. The van der Waals surface area contributed by atoms with Crippen molar-refractivity contribution < 1.29 is 4.42 Å². The zero-order valence-electron chi connectivity index (χ0n) is 74.9. The molecule has 139 heavy (non-hydrogen) atoms. The Labute approximate surface area is 803 Å². The average molecular weight is 1810 g/mol.